The van der Waals surface area contributed by atoms with Gasteiger partial charge in [-0.1, -0.05) is 0 Å². The molecule has 5 N–H and O–H groups in total. The number of phenols is 1. The first-order valence-electron chi connectivity index (χ1n) is 5.16. The third kappa shape index (κ3) is 2.74. The summed E-state index contributed by atoms with van der Waals surface area (Å²) < 4.78 is 114. The fourth-order valence-corrected chi connectivity index (χ4v) is 1.47. The molecule has 0 bridgehead atoms. The second-order valence-corrected chi connectivity index (χ2v) is 4.24. The van der Waals surface area contributed by atoms with Crippen molar-refractivity contribution in [3.05, 3.63) is 23.3 Å². The molecule has 3 nitrogen and oxygen atoms in total. The molecule has 1 aromatic carbocycles. The van der Waals surface area contributed by atoms with Gasteiger partial charge >= 0.3 is 18.3 Å². The Balaban J connectivity index is 3.61. The van der Waals surface area contributed by atoms with Crippen LogP contribution >= 0.6 is 0 Å². The third-order valence-corrected chi connectivity index (χ3v) is 2.68. The van der Waals surface area contributed by atoms with Crippen molar-refractivity contribution < 1.29 is 44.6 Å². The highest BCUT2D eigenvalue weighted by Gasteiger charge is 2.71. The topological polar surface area (TPSA) is 72.3 Å². The van der Waals surface area contributed by atoms with E-state index in [-0.39, 0.29) is 6.07 Å². The Kier molecular flexibility index (Phi) is 3.99. The number of anilines is 1. The number of halogens is 9. The van der Waals surface area contributed by atoms with Gasteiger partial charge in [0, 0.05) is 5.56 Å². The monoisotopic (exact) mass is 342 g/mol. The maximum atomic E-state index is 13.8. The molecule has 0 aromatic heterocycles. The van der Waals surface area contributed by atoms with Crippen LogP contribution in [0.25, 0.3) is 0 Å². The van der Waals surface area contributed by atoms with Crippen molar-refractivity contribution in [3.8, 4) is 5.75 Å². The van der Waals surface area contributed by atoms with Crippen molar-refractivity contribution >= 4 is 5.69 Å². The van der Waals surface area contributed by atoms with Gasteiger partial charge in [-0.2, -0.15) is 35.1 Å². The summed E-state index contributed by atoms with van der Waals surface area (Å²) in [5.41, 5.74) is 3.90. The SMILES string of the molecule is Nc1cc(C(N)(F)C(F)(F)C(F)(F)F)cc(C(F)(F)F)c1O. The van der Waals surface area contributed by atoms with Crippen LogP contribution in [-0.2, 0) is 12.0 Å². The Bertz CT molecular complexity index is 577. The van der Waals surface area contributed by atoms with Crippen LogP contribution in [0.3, 0.4) is 0 Å². The standard InChI is InChI=1S/C10H7F9N2O/c11-7(21,9(15,16)10(17,18)19)3-1-4(8(12,13)14)6(22)5(20)2-3/h1-2,22H,20-21H2. The zero-order chi connectivity index (χ0) is 17.7. The summed E-state index contributed by atoms with van der Waals surface area (Å²) in [4.78, 5) is 0. The van der Waals surface area contributed by atoms with Crippen LogP contribution in [0.1, 0.15) is 11.1 Å². The van der Waals surface area contributed by atoms with Crippen molar-refractivity contribution in [3.63, 3.8) is 0 Å². The lowest BCUT2D eigenvalue weighted by Crippen LogP contribution is -2.57. The molecule has 1 unspecified atom stereocenters. The van der Waals surface area contributed by atoms with Gasteiger partial charge in [0.25, 0.3) is 5.79 Å². The van der Waals surface area contributed by atoms with Crippen molar-refractivity contribution in [2.75, 3.05) is 5.73 Å². The van der Waals surface area contributed by atoms with Crippen LogP contribution in [0.2, 0.25) is 0 Å². The molecule has 12 heteroatoms. The maximum Gasteiger partial charge on any atom is 0.458 e. The molecule has 0 aliphatic carbocycles. The second-order valence-electron chi connectivity index (χ2n) is 4.24. The van der Waals surface area contributed by atoms with Gasteiger partial charge in [-0.05, 0) is 12.1 Å². The lowest BCUT2D eigenvalue weighted by atomic mass is 9.95. The van der Waals surface area contributed by atoms with Crippen LogP contribution in [0.4, 0.5) is 45.2 Å². The van der Waals surface area contributed by atoms with Gasteiger partial charge in [0.1, 0.15) is 0 Å². The molecule has 0 heterocycles. The first-order valence-corrected chi connectivity index (χ1v) is 5.16. The van der Waals surface area contributed by atoms with Gasteiger partial charge in [-0.15, -0.1) is 0 Å². The minimum Gasteiger partial charge on any atom is -0.505 e. The van der Waals surface area contributed by atoms with Crippen molar-refractivity contribution in [2.24, 2.45) is 5.73 Å². The summed E-state index contributed by atoms with van der Waals surface area (Å²) in [6.45, 7) is 0. The van der Waals surface area contributed by atoms with Gasteiger partial charge in [-0.25, -0.2) is 4.39 Å². The average Bonchev–Trinajstić information content (AvgIpc) is 2.28. The summed E-state index contributed by atoms with van der Waals surface area (Å²) in [5.74, 6) is -12.9. The van der Waals surface area contributed by atoms with E-state index in [1.54, 1.807) is 0 Å². The second kappa shape index (κ2) is 4.83. The van der Waals surface area contributed by atoms with E-state index in [9.17, 15) is 39.5 Å². The molecule has 0 saturated carbocycles. The van der Waals surface area contributed by atoms with E-state index in [2.05, 4.69) is 5.73 Å². The number of alkyl halides is 9. The highest BCUT2D eigenvalue weighted by atomic mass is 19.4. The molecular weight excluding hydrogens is 335 g/mol. The van der Waals surface area contributed by atoms with Crippen LogP contribution in [-0.4, -0.2) is 17.2 Å². The van der Waals surface area contributed by atoms with Crippen LogP contribution in [0.15, 0.2) is 12.1 Å². The van der Waals surface area contributed by atoms with E-state index in [4.69, 9.17) is 10.8 Å². The van der Waals surface area contributed by atoms with Crippen molar-refractivity contribution in [1.29, 1.82) is 0 Å². The number of aromatic hydroxyl groups is 1. The molecular formula is C10H7F9N2O. The summed E-state index contributed by atoms with van der Waals surface area (Å²) in [6, 6.07) is -0.504. The molecule has 0 radical (unpaired) electrons. The molecule has 1 rings (SSSR count). The molecule has 0 amide bonds. The highest BCUT2D eigenvalue weighted by molar-refractivity contribution is 5.60. The molecule has 0 spiro atoms. The number of nitrogen functional groups attached to an aromatic ring is 1. The Morgan fingerprint density at radius 3 is 1.68 bits per heavy atom. The van der Waals surface area contributed by atoms with E-state index < -0.39 is 52.7 Å². The third-order valence-electron chi connectivity index (χ3n) is 2.68. The Morgan fingerprint density at radius 2 is 1.32 bits per heavy atom. The number of nitrogens with two attached hydrogens (primary N) is 2. The Labute approximate surface area is 116 Å². The van der Waals surface area contributed by atoms with Crippen molar-refractivity contribution in [2.45, 2.75) is 24.1 Å². The van der Waals surface area contributed by atoms with Crippen molar-refractivity contribution in [1.82, 2.24) is 0 Å². The number of hydrogen-bond donors (Lipinski definition) is 3. The number of hydrogen-bond acceptors (Lipinski definition) is 3. The fraction of sp³-hybridized carbons (Fsp3) is 0.400. The fourth-order valence-electron chi connectivity index (χ4n) is 1.47. The van der Waals surface area contributed by atoms with Gasteiger partial charge in [-0.3, -0.25) is 5.73 Å². The van der Waals surface area contributed by atoms with E-state index in [1.165, 1.54) is 0 Å². The molecule has 0 fully saturated rings. The average molecular weight is 342 g/mol. The summed E-state index contributed by atoms with van der Waals surface area (Å²) in [5, 5.41) is 9.07. The smallest absolute Gasteiger partial charge is 0.458 e. The van der Waals surface area contributed by atoms with E-state index >= 15 is 0 Å². The minimum atomic E-state index is -6.47. The maximum absolute atomic E-state index is 13.8. The van der Waals surface area contributed by atoms with Crippen LogP contribution < -0.4 is 11.5 Å². The number of rotatable bonds is 2. The van der Waals surface area contributed by atoms with E-state index in [0.717, 1.165) is 0 Å². The molecule has 126 valence electrons. The zero-order valence-electron chi connectivity index (χ0n) is 10.2. The predicted molar refractivity (Wildman–Crippen MR) is 55.5 cm³/mol. The normalized spacial score (nSPS) is 16.5. The first-order chi connectivity index (χ1) is 9.53. The van der Waals surface area contributed by atoms with Gasteiger partial charge in [0.2, 0.25) is 0 Å². The predicted octanol–water partition coefficient (Wildman–Crippen LogP) is 3.27. The summed E-state index contributed by atoms with van der Waals surface area (Å²) in [6.07, 6.45) is -11.9. The molecule has 0 saturated heterocycles. The molecule has 0 aliphatic heterocycles. The lowest BCUT2D eigenvalue weighted by molar-refractivity contribution is -0.330. The molecule has 1 atom stereocenters. The Hall–Kier alpha value is -1.85. The quantitative estimate of drug-likeness (QED) is 0.334. The zero-order valence-corrected chi connectivity index (χ0v) is 10.2. The first kappa shape index (κ1) is 18.2. The lowest BCUT2D eigenvalue weighted by Gasteiger charge is -2.32. The number of phenolic OH excluding ortho intramolecular Hbond substituents is 1. The summed E-state index contributed by atoms with van der Waals surface area (Å²) in [7, 11) is 0. The van der Waals surface area contributed by atoms with Crippen LogP contribution in [0, 0.1) is 0 Å². The molecule has 22 heavy (non-hydrogen) atoms. The Morgan fingerprint density at radius 1 is 0.864 bits per heavy atom. The van der Waals surface area contributed by atoms with E-state index in [1.807, 2.05) is 0 Å². The van der Waals surface area contributed by atoms with Gasteiger partial charge < -0.3 is 10.8 Å². The highest BCUT2D eigenvalue weighted by Crippen LogP contribution is 2.50. The molecule has 1 aromatic rings. The largest absolute Gasteiger partial charge is 0.505 e. The minimum absolute atomic E-state index is 0.0375. The van der Waals surface area contributed by atoms with Gasteiger partial charge in [0.05, 0.1) is 11.3 Å². The van der Waals surface area contributed by atoms with Gasteiger partial charge in [0.15, 0.2) is 5.75 Å². The summed E-state index contributed by atoms with van der Waals surface area (Å²) >= 11 is 0. The number of benzene rings is 1. The molecule has 0 aliphatic rings. The van der Waals surface area contributed by atoms with E-state index in [0.29, 0.717) is 0 Å². The van der Waals surface area contributed by atoms with Crippen LogP contribution in [0.5, 0.6) is 5.75 Å².